The molecule has 3 heteroatoms. The van der Waals surface area contributed by atoms with E-state index in [2.05, 4.69) is 48.5 Å². The Hall–Kier alpha value is -1.60. The normalized spacial score (nSPS) is 29.0. The fraction of sp³-hybridized carbons (Fsp3) is 0.481. The summed E-state index contributed by atoms with van der Waals surface area (Å²) >= 11 is 3.49. The monoisotopic (exact) mass is 466 g/mol. The van der Waals surface area contributed by atoms with Gasteiger partial charge in [0.25, 0.3) is 0 Å². The van der Waals surface area contributed by atoms with E-state index in [0.717, 1.165) is 28.2 Å². The number of fused-ring (bicyclic) bond motifs is 2. The number of hydrogen-bond acceptors (Lipinski definition) is 1. The Morgan fingerprint density at radius 2 is 1.67 bits per heavy atom. The first kappa shape index (κ1) is 21.6. The van der Waals surface area contributed by atoms with Gasteiger partial charge in [-0.05, 0) is 41.0 Å². The van der Waals surface area contributed by atoms with Crippen molar-refractivity contribution in [2.45, 2.75) is 58.1 Å². The lowest BCUT2D eigenvalue weighted by Crippen LogP contribution is -3.13. The molecule has 2 aliphatic rings. The molecule has 2 bridgehead atoms. The van der Waals surface area contributed by atoms with E-state index in [1.54, 1.807) is 4.90 Å². The van der Waals surface area contributed by atoms with Gasteiger partial charge in [0.2, 0.25) is 0 Å². The molecule has 0 amide bonds. The van der Waals surface area contributed by atoms with Crippen LogP contribution in [0.4, 0.5) is 0 Å². The molecule has 30 heavy (non-hydrogen) atoms. The summed E-state index contributed by atoms with van der Waals surface area (Å²) in [5, 5.41) is 11.7. The lowest BCUT2D eigenvalue weighted by Gasteiger charge is -2.37. The lowest BCUT2D eigenvalue weighted by atomic mass is 9.65. The van der Waals surface area contributed by atoms with Gasteiger partial charge in [0, 0.05) is 29.2 Å². The van der Waals surface area contributed by atoms with Crippen molar-refractivity contribution in [3.63, 3.8) is 0 Å². The zero-order valence-electron chi connectivity index (χ0n) is 18.3. The molecule has 0 radical (unpaired) electrons. The molecule has 0 spiro atoms. The maximum absolute atomic E-state index is 11.7. The second-order valence-corrected chi connectivity index (χ2v) is 11.4. The second-order valence-electron chi connectivity index (χ2n) is 10.5. The molecule has 2 N–H and O–H groups in total. The van der Waals surface area contributed by atoms with Gasteiger partial charge in [-0.15, -0.1) is 0 Å². The van der Waals surface area contributed by atoms with E-state index in [1.807, 2.05) is 54.6 Å². The van der Waals surface area contributed by atoms with Gasteiger partial charge in [-0.3, -0.25) is 0 Å². The summed E-state index contributed by atoms with van der Waals surface area (Å²) in [5.41, 5.74) is 1.58. The molecular weight excluding hydrogens is 434 g/mol. The zero-order chi connectivity index (χ0) is 21.4. The van der Waals surface area contributed by atoms with Crippen LogP contribution in [0.5, 0.6) is 0 Å². The maximum atomic E-state index is 11.7. The van der Waals surface area contributed by atoms with Gasteiger partial charge in [0.05, 0.1) is 12.6 Å². The van der Waals surface area contributed by atoms with Crippen molar-refractivity contribution >= 4 is 15.9 Å². The SMILES string of the molecule is CC1(C)C[C@@H]2C[C@@](C)(C[NH+]2CC#CC[C@@](O)(c2ccccc2)c2ccc(Br)cc2)C1. The molecule has 1 unspecified atom stereocenters. The number of benzene rings is 2. The smallest absolute Gasteiger partial charge is 0.139 e. The van der Waals surface area contributed by atoms with E-state index in [1.165, 1.54) is 25.8 Å². The molecule has 1 saturated carbocycles. The summed E-state index contributed by atoms with van der Waals surface area (Å²) in [6.45, 7) is 9.41. The fourth-order valence-corrected chi connectivity index (χ4v) is 6.40. The Bertz CT molecular complexity index is 942. The summed E-state index contributed by atoms with van der Waals surface area (Å²) in [7, 11) is 0. The van der Waals surface area contributed by atoms with Crippen molar-refractivity contribution < 1.29 is 10.0 Å². The Morgan fingerprint density at radius 1 is 1.00 bits per heavy atom. The lowest BCUT2D eigenvalue weighted by molar-refractivity contribution is -0.907. The Morgan fingerprint density at radius 3 is 2.37 bits per heavy atom. The number of hydrogen-bond donors (Lipinski definition) is 2. The third kappa shape index (κ3) is 4.52. The molecule has 1 heterocycles. The van der Waals surface area contributed by atoms with Crippen molar-refractivity contribution in [3.8, 4) is 11.8 Å². The molecule has 2 fully saturated rings. The zero-order valence-corrected chi connectivity index (χ0v) is 19.9. The van der Waals surface area contributed by atoms with Crippen LogP contribution in [0.15, 0.2) is 59.1 Å². The van der Waals surface area contributed by atoms with Crippen molar-refractivity contribution in [1.82, 2.24) is 0 Å². The minimum Gasteiger partial charge on any atom is -0.379 e. The van der Waals surface area contributed by atoms with Gasteiger partial charge in [-0.1, -0.05) is 85.1 Å². The van der Waals surface area contributed by atoms with Crippen molar-refractivity contribution in [1.29, 1.82) is 0 Å². The average molecular weight is 467 g/mol. The van der Waals surface area contributed by atoms with Crippen LogP contribution >= 0.6 is 15.9 Å². The minimum absolute atomic E-state index is 0.402. The van der Waals surface area contributed by atoms with Crippen LogP contribution in [0.25, 0.3) is 0 Å². The number of likely N-dealkylation sites (tertiary alicyclic amines) is 1. The predicted molar refractivity (Wildman–Crippen MR) is 126 cm³/mol. The Balaban J connectivity index is 1.51. The van der Waals surface area contributed by atoms with Gasteiger partial charge < -0.3 is 10.0 Å². The van der Waals surface area contributed by atoms with E-state index < -0.39 is 5.60 Å². The summed E-state index contributed by atoms with van der Waals surface area (Å²) < 4.78 is 1.01. The molecule has 2 aromatic rings. The number of rotatable bonds is 4. The molecule has 1 saturated heterocycles. The van der Waals surface area contributed by atoms with Crippen LogP contribution in [0, 0.1) is 22.7 Å². The molecule has 2 aromatic carbocycles. The number of halogens is 1. The summed E-state index contributed by atoms with van der Waals surface area (Å²) in [6.07, 6.45) is 4.36. The maximum Gasteiger partial charge on any atom is 0.139 e. The highest BCUT2D eigenvalue weighted by Gasteiger charge is 2.52. The highest BCUT2D eigenvalue weighted by molar-refractivity contribution is 9.10. The van der Waals surface area contributed by atoms with Crippen LogP contribution in [-0.2, 0) is 5.60 Å². The van der Waals surface area contributed by atoms with E-state index in [0.29, 0.717) is 17.3 Å². The second kappa shape index (κ2) is 8.15. The van der Waals surface area contributed by atoms with Crippen LogP contribution in [0.3, 0.4) is 0 Å². The van der Waals surface area contributed by atoms with E-state index >= 15 is 0 Å². The topological polar surface area (TPSA) is 24.7 Å². The van der Waals surface area contributed by atoms with Gasteiger partial charge in [-0.2, -0.15) is 0 Å². The first-order chi connectivity index (χ1) is 14.2. The minimum atomic E-state index is -1.10. The summed E-state index contributed by atoms with van der Waals surface area (Å²) in [6, 6.07) is 18.6. The molecular formula is C27H33BrNO+. The predicted octanol–water partition coefficient (Wildman–Crippen LogP) is 4.56. The van der Waals surface area contributed by atoms with Gasteiger partial charge >= 0.3 is 0 Å². The average Bonchev–Trinajstić information content (AvgIpc) is 2.94. The molecule has 1 aliphatic heterocycles. The van der Waals surface area contributed by atoms with Gasteiger partial charge in [0.15, 0.2) is 0 Å². The summed E-state index contributed by atoms with van der Waals surface area (Å²) in [5.74, 6) is 6.78. The van der Waals surface area contributed by atoms with Gasteiger partial charge in [0.1, 0.15) is 12.1 Å². The summed E-state index contributed by atoms with van der Waals surface area (Å²) in [4.78, 5) is 1.64. The standard InChI is InChI=1S/C27H32BrNO/c1-25(2)17-24-18-26(3,19-25)20-29(24)16-8-7-15-27(30,21-9-5-4-6-10-21)22-11-13-23(28)14-12-22/h4-6,9-14,24,30H,15-20H2,1-3H3/p+1/t24-,26-,27-/m1/s1. The molecule has 158 valence electrons. The van der Waals surface area contributed by atoms with Crippen molar-refractivity contribution in [3.05, 3.63) is 70.2 Å². The quantitative estimate of drug-likeness (QED) is 0.634. The highest BCUT2D eigenvalue weighted by Crippen LogP contribution is 2.47. The largest absolute Gasteiger partial charge is 0.379 e. The van der Waals surface area contributed by atoms with Gasteiger partial charge in [-0.25, -0.2) is 0 Å². The van der Waals surface area contributed by atoms with E-state index in [4.69, 9.17) is 0 Å². The number of nitrogens with one attached hydrogen (secondary N) is 1. The third-order valence-corrected chi connectivity index (χ3v) is 7.56. The van der Waals surface area contributed by atoms with Crippen LogP contribution < -0.4 is 4.90 Å². The number of quaternary nitrogens is 1. The Labute approximate surface area is 189 Å². The van der Waals surface area contributed by atoms with Crippen LogP contribution in [0.2, 0.25) is 0 Å². The van der Waals surface area contributed by atoms with E-state index in [9.17, 15) is 5.11 Å². The molecule has 1 aliphatic carbocycles. The molecule has 0 aromatic heterocycles. The van der Waals surface area contributed by atoms with E-state index in [-0.39, 0.29) is 0 Å². The number of aliphatic hydroxyl groups is 1. The highest BCUT2D eigenvalue weighted by atomic mass is 79.9. The van der Waals surface area contributed by atoms with Crippen molar-refractivity contribution in [2.75, 3.05) is 13.1 Å². The first-order valence-corrected chi connectivity index (χ1v) is 11.8. The third-order valence-electron chi connectivity index (χ3n) is 7.03. The molecule has 4 rings (SSSR count). The first-order valence-electron chi connectivity index (χ1n) is 11.0. The van der Waals surface area contributed by atoms with Crippen LogP contribution in [-0.4, -0.2) is 24.2 Å². The fourth-order valence-electron chi connectivity index (χ4n) is 6.13. The Kier molecular flexibility index (Phi) is 5.88. The van der Waals surface area contributed by atoms with Crippen molar-refractivity contribution in [2.24, 2.45) is 10.8 Å². The molecule has 2 nitrogen and oxygen atoms in total. The molecule has 4 atom stereocenters. The van der Waals surface area contributed by atoms with Crippen LogP contribution in [0.1, 0.15) is 57.6 Å².